The maximum atomic E-state index is 13.3. The summed E-state index contributed by atoms with van der Waals surface area (Å²) in [6, 6.07) is 4.36. The molecule has 1 aromatic rings. The third kappa shape index (κ3) is 2.53. The molecule has 0 unspecified atom stereocenters. The van der Waals surface area contributed by atoms with Crippen molar-refractivity contribution in [3.63, 3.8) is 0 Å². The summed E-state index contributed by atoms with van der Waals surface area (Å²) < 4.78 is 19.1. The predicted octanol–water partition coefficient (Wildman–Crippen LogP) is 2.52. The van der Waals surface area contributed by atoms with Crippen LogP contribution < -0.4 is 10.1 Å². The molecule has 0 saturated heterocycles. The normalized spacial score (nSPS) is 19.0. The van der Waals surface area contributed by atoms with E-state index in [-0.39, 0.29) is 11.7 Å². The number of rotatable bonds is 1. The molecule has 0 aliphatic carbocycles. The molecule has 96 valence electrons. The highest BCUT2D eigenvalue weighted by atomic mass is 19.1. The maximum absolute atomic E-state index is 13.3. The van der Waals surface area contributed by atoms with E-state index < -0.39 is 5.60 Å². The molecule has 1 heterocycles. The molecule has 3 nitrogen and oxygen atoms in total. The van der Waals surface area contributed by atoms with Gasteiger partial charge < -0.3 is 10.1 Å². The first-order valence-corrected chi connectivity index (χ1v) is 5.82. The average molecular weight is 249 g/mol. The molecule has 18 heavy (non-hydrogen) atoms. The number of hydrogen-bond acceptors (Lipinski definition) is 2. The van der Waals surface area contributed by atoms with Crippen LogP contribution in [0.4, 0.5) is 4.39 Å². The van der Waals surface area contributed by atoms with Gasteiger partial charge in [0, 0.05) is 25.1 Å². The number of carbonyl (C=O) groups is 1. The fraction of sp³-hybridized carbons (Fsp3) is 0.357. The van der Waals surface area contributed by atoms with Gasteiger partial charge in [0.25, 0.3) is 0 Å². The maximum Gasteiger partial charge on any atom is 0.244 e. The van der Waals surface area contributed by atoms with E-state index >= 15 is 0 Å². The van der Waals surface area contributed by atoms with Gasteiger partial charge in [-0.2, -0.15) is 0 Å². The first kappa shape index (κ1) is 12.6. The van der Waals surface area contributed by atoms with Crippen molar-refractivity contribution >= 4 is 11.5 Å². The van der Waals surface area contributed by atoms with E-state index in [4.69, 9.17) is 4.74 Å². The summed E-state index contributed by atoms with van der Waals surface area (Å²) in [5.41, 5.74) is 1.04. The number of nitrogens with one attached hydrogen (secondary N) is 1. The zero-order valence-electron chi connectivity index (χ0n) is 10.7. The molecular weight excluding hydrogens is 233 g/mol. The van der Waals surface area contributed by atoms with E-state index in [2.05, 4.69) is 5.32 Å². The highest BCUT2D eigenvalue weighted by molar-refractivity contribution is 5.96. The lowest BCUT2D eigenvalue weighted by atomic mass is 9.89. The number of ether oxygens (including phenoxy) is 1. The van der Waals surface area contributed by atoms with Crippen LogP contribution in [0.1, 0.15) is 25.8 Å². The smallest absolute Gasteiger partial charge is 0.244 e. The summed E-state index contributed by atoms with van der Waals surface area (Å²) in [6.07, 6.45) is 2.07. The summed E-state index contributed by atoms with van der Waals surface area (Å²) in [6.45, 7) is 3.88. The van der Waals surface area contributed by atoms with Crippen LogP contribution in [0.3, 0.4) is 0 Å². The van der Waals surface area contributed by atoms with E-state index in [1.54, 1.807) is 13.1 Å². The topological polar surface area (TPSA) is 38.3 Å². The SMILES string of the molecule is CNC(=O)C=C1CC(C)(C)Oc2ccc(F)cc21. The Bertz CT molecular complexity index is 521. The second-order valence-electron chi connectivity index (χ2n) is 4.96. The minimum Gasteiger partial charge on any atom is -0.487 e. The molecule has 2 rings (SSSR count). The van der Waals surface area contributed by atoms with Crippen LogP contribution in [0.2, 0.25) is 0 Å². The van der Waals surface area contributed by atoms with Gasteiger partial charge in [-0.15, -0.1) is 0 Å². The standard InChI is InChI=1S/C14H16FNO2/c1-14(2)8-9(6-13(17)16-3)11-7-10(15)4-5-12(11)18-14/h4-7H,8H2,1-3H3,(H,16,17). The molecule has 0 bridgehead atoms. The molecule has 1 aliphatic rings. The fourth-order valence-corrected chi connectivity index (χ4v) is 2.09. The number of halogens is 1. The monoisotopic (exact) mass is 249 g/mol. The molecule has 1 aromatic carbocycles. The molecule has 0 aromatic heterocycles. The van der Waals surface area contributed by atoms with Crippen molar-refractivity contribution in [1.82, 2.24) is 5.32 Å². The summed E-state index contributed by atoms with van der Waals surface area (Å²) in [5.74, 6) is 0.0839. The Morgan fingerprint density at radius 3 is 2.89 bits per heavy atom. The minimum atomic E-state index is -0.398. The van der Waals surface area contributed by atoms with E-state index in [1.807, 2.05) is 13.8 Å². The number of carbonyl (C=O) groups excluding carboxylic acids is 1. The largest absolute Gasteiger partial charge is 0.487 e. The van der Waals surface area contributed by atoms with E-state index in [0.717, 1.165) is 5.57 Å². The van der Waals surface area contributed by atoms with Crippen molar-refractivity contribution in [2.24, 2.45) is 0 Å². The number of amides is 1. The second kappa shape index (κ2) is 4.44. The van der Waals surface area contributed by atoms with E-state index in [0.29, 0.717) is 17.7 Å². The van der Waals surface area contributed by atoms with Gasteiger partial charge in [0.1, 0.15) is 17.2 Å². The molecule has 0 atom stereocenters. The van der Waals surface area contributed by atoms with E-state index in [1.165, 1.54) is 18.2 Å². The summed E-state index contributed by atoms with van der Waals surface area (Å²) in [4.78, 5) is 11.5. The van der Waals surface area contributed by atoms with Gasteiger partial charge in [-0.1, -0.05) is 0 Å². The van der Waals surface area contributed by atoms with Gasteiger partial charge in [0.05, 0.1) is 0 Å². The van der Waals surface area contributed by atoms with Gasteiger partial charge in [-0.25, -0.2) is 4.39 Å². The zero-order valence-corrected chi connectivity index (χ0v) is 10.7. The van der Waals surface area contributed by atoms with Crippen LogP contribution in [-0.4, -0.2) is 18.6 Å². The molecule has 0 spiro atoms. The van der Waals surface area contributed by atoms with Crippen molar-refractivity contribution in [2.45, 2.75) is 25.9 Å². The number of hydrogen-bond donors (Lipinski definition) is 1. The van der Waals surface area contributed by atoms with Crippen LogP contribution in [0.25, 0.3) is 5.57 Å². The van der Waals surface area contributed by atoms with Crippen molar-refractivity contribution in [1.29, 1.82) is 0 Å². The van der Waals surface area contributed by atoms with Gasteiger partial charge in [-0.05, 0) is 37.6 Å². The Morgan fingerprint density at radius 1 is 1.50 bits per heavy atom. The Labute approximate surface area is 106 Å². The van der Waals surface area contributed by atoms with Crippen LogP contribution in [0, 0.1) is 5.82 Å². The first-order valence-electron chi connectivity index (χ1n) is 5.82. The molecule has 1 N–H and O–H groups in total. The first-order chi connectivity index (χ1) is 8.41. The highest BCUT2D eigenvalue weighted by Gasteiger charge is 2.30. The lowest BCUT2D eigenvalue weighted by molar-refractivity contribution is -0.116. The Kier molecular flexibility index (Phi) is 3.11. The third-order valence-electron chi connectivity index (χ3n) is 2.84. The Balaban J connectivity index is 2.51. The average Bonchev–Trinajstić information content (AvgIpc) is 2.29. The van der Waals surface area contributed by atoms with Crippen molar-refractivity contribution in [3.8, 4) is 5.75 Å². The quantitative estimate of drug-likeness (QED) is 0.777. The van der Waals surface area contributed by atoms with Crippen molar-refractivity contribution in [2.75, 3.05) is 7.05 Å². The van der Waals surface area contributed by atoms with Gasteiger partial charge in [0.15, 0.2) is 0 Å². The van der Waals surface area contributed by atoms with Gasteiger partial charge >= 0.3 is 0 Å². The minimum absolute atomic E-state index is 0.196. The molecule has 0 saturated carbocycles. The zero-order chi connectivity index (χ0) is 13.3. The Morgan fingerprint density at radius 2 is 2.22 bits per heavy atom. The van der Waals surface area contributed by atoms with Crippen LogP contribution in [0.15, 0.2) is 24.3 Å². The number of fused-ring (bicyclic) bond motifs is 1. The van der Waals surface area contributed by atoms with Crippen LogP contribution in [-0.2, 0) is 4.79 Å². The molecule has 0 fully saturated rings. The molecule has 0 radical (unpaired) electrons. The number of benzene rings is 1. The third-order valence-corrected chi connectivity index (χ3v) is 2.84. The molecule has 4 heteroatoms. The predicted molar refractivity (Wildman–Crippen MR) is 67.8 cm³/mol. The fourth-order valence-electron chi connectivity index (χ4n) is 2.09. The Hall–Kier alpha value is -1.84. The lowest BCUT2D eigenvalue weighted by Crippen LogP contribution is -2.32. The number of likely N-dealkylation sites (N-methyl/N-ethyl adjacent to an activating group) is 1. The van der Waals surface area contributed by atoms with Crippen molar-refractivity contribution < 1.29 is 13.9 Å². The van der Waals surface area contributed by atoms with Crippen LogP contribution >= 0.6 is 0 Å². The van der Waals surface area contributed by atoms with E-state index in [9.17, 15) is 9.18 Å². The highest BCUT2D eigenvalue weighted by Crippen LogP contribution is 2.40. The summed E-state index contributed by atoms with van der Waals surface area (Å²) in [5, 5.41) is 2.54. The second-order valence-corrected chi connectivity index (χ2v) is 4.96. The summed E-state index contributed by atoms with van der Waals surface area (Å²) >= 11 is 0. The lowest BCUT2D eigenvalue weighted by Gasteiger charge is -2.34. The van der Waals surface area contributed by atoms with Gasteiger partial charge in [0.2, 0.25) is 5.91 Å². The molecular formula is C14H16FNO2. The van der Waals surface area contributed by atoms with Crippen molar-refractivity contribution in [3.05, 3.63) is 35.7 Å². The van der Waals surface area contributed by atoms with Gasteiger partial charge in [-0.3, -0.25) is 4.79 Å². The summed E-state index contributed by atoms with van der Waals surface area (Å²) in [7, 11) is 1.57. The molecule has 1 aliphatic heterocycles. The molecule has 1 amide bonds. The van der Waals surface area contributed by atoms with Crippen LogP contribution in [0.5, 0.6) is 5.75 Å².